The quantitative estimate of drug-likeness (QED) is 0.359. The summed E-state index contributed by atoms with van der Waals surface area (Å²) in [5.74, 6) is -0.927. The summed E-state index contributed by atoms with van der Waals surface area (Å²) in [7, 11) is 0. The van der Waals surface area contributed by atoms with Crippen LogP contribution in [-0.4, -0.2) is 37.8 Å². The lowest BCUT2D eigenvalue weighted by Gasteiger charge is -1.93. The van der Waals surface area contributed by atoms with Crippen molar-refractivity contribution < 1.29 is 9.90 Å². The first-order chi connectivity index (χ1) is 14.2. The lowest BCUT2D eigenvalue weighted by molar-refractivity contribution is 0.0697. The van der Waals surface area contributed by atoms with Crippen molar-refractivity contribution in [1.29, 1.82) is 0 Å². The van der Waals surface area contributed by atoms with Gasteiger partial charge in [0.2, 0.25) is 0 Å². The van der Waals surface area contributed by atoms with E-state index in [0.717, 1.165) is 38.9 Å². The van der Waals surface area contributed by atoms with Gasteiger partial charge in [0.25, 0.3) is 0 Å². The fourth-order valence-corrected chi connectivity index (χ4v) is 3.88. The molecule has 5 rings (SSSR count). The number of nitrogens with two attached hydrogens (primary N) is 1. The van der Waals surface area contributed by atoms with Gasteiger partial charge in [-0.1, -0.05) is 12.1 Å². The molecule has 0 fully saturated rings. The Morgan fingerprint density at radius 2 is 2.07 bits per heavy atom. The van der Waals surface area contributed by atoms with Crippen LogP contribution >= 0.6 is 11.3 Å². The summed E-state index contributed by atoms with van der Waals surface area (Å²) in [5.41, 5.74) is 10.4. The number of aromatic nitrogens is 4. The van der Waals surface area contributed by atoms with Gasteiger partial charge in [0, 0.05) is 23.3 Å². The largest absolute Gasteiger partial charge is 0.478 e. The molecule has 5 N–H and O–H groups in total. The van der Waals surface area contributed by atoms with Crippen molar-refractivity contribution in [3.63, 3.8) is 0 Å². The standard InChI is InChI=1S/C14H9N3O2S.C7H10N2/c18-14(19)8-2-1-7-5-11(15-10(7)6-8)12-13-9(16-17-12)3-4-20-13;8-4-3-7-2-1-5-9-6-7/h1-6,15H,(H,16,17)(H,18,19);1-2,5-6H,3-4,8H2. The number of benzene rings is 1. The zero-order valence-corrected chi connectivity index (χ0v) is 16.2. The predicted molar refractivity (Wildman–Crippen MR) is 115 cm³/mol. The SMILES string of the molecule is NCCc1cccnc1.O=C(O)c1ccc2cc(-c3n[nH]c4ccsc34)[nH]c2c1. The molecule has 0 radical (unpaired) electrons. The van der Waals surface area contributed by atoms with Crippen molar-refractivity contribution in [2.24, 2.45) is 5.73 Å². The van der Waals surface area contributed by atoms with Gasteiger partial charge in [-0.2, -0.15) is 5.10 Å². The molecule has 0 spiro atoms. The maximum Gasteiger partial charge on any atom is 0.335 e. The van der Waals surface area contributed by atoms with Crippen LogP contribution in [0.3, 0.4) is 0 Å². The number of aromatic amines is 2. The van der Waals surface area contributed by atoms with Crippen molar-refractivity contribution in [2.75, 3.05) is 6.54 Å². The van der Waals surface area contributed by atoms with Crippen molar-refractivity contribution >= 4 is 38.4 Å². The smallest absolute Gasteiger partial charge is 0.335 e. The molecule has 8 heteroatoms. The molecule has 0 aliphatic carbocycles. The second kappa shape index (κ2) is 8.26. The average Bonchev–Trinajstić information content (AvgIpc) is 3.44. The van der Waals surface area contributed by atoms with E-state index in [1.54, 1.807) is 35.7 Å². The van der Waals surface area contributed by atoms with Gasteiger partial charge in [-0.3, -0.25) is 10.1 Å². The number of rotatable bonds is 4. The number of hydrogen-bond acceptors (Lipinski definition) is 5. The first kappa shape index (κ1) is 18.9. The van der Waals surface area contributed by atoms with E-state index in [2.05, 4.69) is 20.2 Å². The Balaban J connectivity index is 0.000000192. The number of carbonyl (C=O) groups is 1. The molecule has 0 aliphatic heterocycles. The summed E-state index contributed by atoms with van der Waals surface area (Å²) >= 11 is 1.63. The number of H-pyrrole nitrogens is 2. The monoisotopic (exact) mass is 405 g/mol. The molecule has 0 saturated carbocycles. The summed E-state index contributed by atoms with van der Waals surface area (Å²) < 4.78 is 1.09. The number of carboxylic acid groups (broad SMARTS) is 1. The molecular formula is C21H19N5O2S. The van der Waals surface area contributed by atoms with E-state index in [1.165, 1.54) is 5.56 Å². The first-order valence-corrected chi connectivity index (χ1v) is 9.90. The van der Waals surface area contributed by atoms with Gasteiger partial charge < -0.3 is 15.8 Å². The third-order valence-electron chi connectivity index (χ3n) is 4.45. The highest BCUT2D eigenvalue weighted by Crippen LogP contribution is 2.31. The third-order valence-corrected chi connectivity index (χ3v) is 5.37. The zero-order valence-electron chi connectivity index (χ0n) is 15.4. The van der Waals surface area contributed by atoms with E-state index < -0.39 is 5.97 Å². The van der Waals surface area contributed by atoms with Gasteiger partial charge in [-0.25, -0.2) is 4.79 Å². The Bertz CT molecular complexity index is 1260. The lowest BCUT2D eigenvalue weighted by atomic mass is 10.1. The summed E-state index contributed by atoms with van der Waals surface area (Å²) in [6.07, 6.45) is 4.53. The van der Waals surface area contributed by atoms with Crippen LogP contribution in [0.4, 0.5) is 0 Å². The summed E-state index contributed by atoms with van der Waals surface area (Å²) in [6, 6.07) is 13.0. The van der Waals surface area contributed by atoms with Gasteiger partial charge in [-0.15, -0.1) is 11.3 Å². The molecule has 7 nitrogen and oxygen atoms in total. The summed E-state index contributed by atoms with van der Waals surface area (Å²) in [5, 5.41) is 19.3. The van der Waals surface area contributed by atoms with Crippen LogP contribution in [-0.2, 0) is 6.42 Å². The summed E-state index contributed by atoms with van der Waals surface area (Å²) in [6.45, 7) is 0.700. The minimum atomic E-state index is -0.927. The van der Waals surface area contributed by atoms with Gasteiger partial charge >= 0.3 is 5.97 Å². The van der Waals surface area contributed by atoms with Crippen molar-refractivity contribution in [3.8, 4) is 11.4 Å². The Hall–Kier alpha value is -3.49. The second-order valence-corrected chi connectivity index (χ2v) is 7.34. The number of thiophene rings is 1. The first-order valence-electron chi connectivity index (χ1n) is 9.02. The van der Waals surface area contributed by atoms with Crippen LogP contribution in [0, 0.1) is 0 Å². The van der Waals surface area contributed by atoms with Gasteiger partial charge in [0.1, 0.15) is 5.69 Å². The third kappa shape index (κ3) is 4.03. The average molecular weight is 405 g/mol. The zero-order chi connectivity index (χ0) is 20.2. The highest BCUT2D eigenvalue weighted by atomic mass is 32.1. The molecule has 0 amide bonds. The Labute approximate surface area is 170 Å². The topological polar surface area (TPSA) is 121 Å². The molecule has 29 heavy (non-hydrogen) atoms. The number of fused-ring (bicyclic) bond motifs is 2. The van der Waals surface area contributed by atoms with E-state index in [9.17, 15) is 4.79 Å². The molecule has 0 saturated heterocycles. The lowest BCUT2D eigenvalue weighted by Crippen LogP contribution is -2.02. The normalized spacial score (nSPS) is 10.8. The summed E-state index contributed by atoms with van der Waals surface area (Å²) in [4.78, 5) is 18.2. The number of hydrogen-bond donors (Lipinski definition) is 4. The maximum atomic E-state index is 11.0. The Morgan fingerprint density at radius 3 is 2.83 bits per heavy atom. The number of nitrogens with one attached hydrogen (secondary N) is 2. The van der Waals surface area contributed by atoms with Crippen molar-refractivity contribution in [1.82, 2.24) is 20.2 Å². The Kier molecular flexibility index (Phi) is 5.37. The van der Waals surface area contributed by atoms with E-state index in [-0.39, 0.29) is 5.56 Å². The van der Waals surface area contributed by atoms with Gasteiger partial charge in [0.15, 0.2) is 0 Å². The van der Waals surface area contributed by atoms with Crippen LogP contribution in [0.2, 0.25) is 0 Å². The van der Waals surface area contributed by atoms with Crippen LogP contribution in [0.5, 0.6) is 0 Å². The van der Waals surface area contributed by atoms with E-state index >= 15 is 0 Å². The van der Waals surface area contributed by atoms with Crippen LogP contribution in [0.1, 0.15) is 15.9 Å². The number of pyridine rings is 1. The fourth-order valence-electron chi connectivity index (χ4n) is 3.03. The second-order valence-electron chi connectivity index (χ2n) is 6.43. The number of nitrogens with zero attached hydrogens (tertiary/aromatic N) is 2. The molecule has 0 unspecified atom stereocenters. The highest BCUT2D eigenvalue weighted by Gasteiger charge is 2.12. The molecule has 0 bridgehead atoms. The molecule has 146 valence electrons. The van der Waals surface area contributed by atoms with E-state index in [4.69, 9.17) is 10.8 Å². The molecule has 0 atom stereocenters. The minimum absolute atomic E-state index is 0.272. The molecule has 0 aliphatic rings. The van der Waals surface area contributed by atoms with Crippen LogP contribution in [0.15, 0.2) is 60.2 Å². The van der Waals surface area contributed by atoms with E-state index in [0.29, 0.717) is 6.54 Å². The highest BCUT2D eigenvalue weighted by molar-refractivity contribution is 7.17. The predicted octanol–water partition coefficient (Wildman–Crippen LogP) is 4.05. The molecule has 4 aromatic heterocycles. The van der Waals surface area contributed by atoms with Crippen molar-refractivity contribution in [3.05, 3.63) is 71.4 Å². The van der Waals surface area contributed by atoms with Crippen LogP contribution in [0.25, 0.3) is 32.5 Å². The number of aromatic carboxylic acids is 1. The molecule has 5 aromatic rings. The maximum absolute atomic E-state index is 11.0. The van der Waals surface area contributed by atoms with E-state index in [1.807, 2.05) is 35.8 Å². The van der Waals surface area contributed by atoms with Gasteiger partial charge in [-0.05, 0) is 54.2 Å². The molecule has 4 heterocycles. The Morgan fingerprint density at radius 1 is 1.17 bits per heavy atom. The van der Waals surface area contributed by atoms with Crippen LogP contribution < -0.4 is 5.73 Å². The number of carboxylic acids is 1. The molecule has 1 aromatic carbocycles. The minimum Gasteiger partial charge on any atom is -0.478 e. The fraction of sp³-hybridized carbons (Fsp3) is 0.0952. The van der Waals surface area contributed by atoms with Gasteiger partial charge in [0.05, 0.1) is 21.5 Å². The molecular weight excluding hydrogens is 386 g/mol. The van der Waals surface area contributed by atoms with Crippen molar-refractivity contribution in [2.45, 2.75) is 6.42 Å².